The van der Waals surface area contributed by atoms with Gasteiger partial charge in [-0.2, -0.15) is 0 Å². The average Bonchev–Trinajstić information content (AvgIpc) is 2.56. The number of benzene rings is 1. The monoisotopic (exact) mass is 205 g/mol. The lowest BCUT2D eigenvalue weighted by molar-refractivity contribution is -0.137. The van der Waals surface area contributed by atoms with Crippen LogP contribution < -0.4 is 0 Å². The second-order valence-electron chi connectivity index (χ2n) is 3.47. The van der Waals surface area contributed by atoms with Gasteiger partial charge in [0.25, 0.3) is 0 Å². The molecule has 0 fully saturated rings. The summed E-state index contributed by atoms with van der Waals surface area (Å²) >= 11 is 0. The number of hydrogen-bond donors (Lipinski definition) is 1. The lowest BCUT2D eigenvalue weighted by Crippen LogP contribution is -1.97. The molecule has 0 aliphatic carbocycles. The fraction of sp³-hybridized carbons (Fsp3) is 0.273. The van der Waals surface area contributed by atoms with Gasteiger partial charge in [-0.1, -0.05) is 6.07 Å². The smallest absolute Gasteiger partial charge is 0.303 e. The molecule has 2 aromatic rings. The minimum atomic E-state index is -0.839. The highest BCUT2D eigenvalue weighted by molar-refractivity contribution is 5.73. The van der Waals surface area contributed by atoms with Crippen LogP contribution in [0.1, 0.15) is 17.9 Å². The van der Waals surface area contributed by atoms with Crippen molar-refractivity contribution in [1.82, 2.24) is 4.98 Å². The molecule has 1 N–H and O–H groups in total. The Morgan fingerprint density at radius 2 is 2.33 bits per heavy atom. The van der Waals surface area contributed by atoms with Crippen LogP contribution >= 0.6 is 0 Å². The Balaban J connectivity index is 2.27. The Morgan fingerprint density at radius 3 is 3.07 bits per heavy atom. The molecule has 0 radical (unpaired) electrons. The maximum Gasteiger partial charge on any atom is 0.303 e. The summed E-state index contributed by atoms with van der Waals surface area (Å²) in [5, 5.41) is 8.52. The summed E-state index contributed by atoms with van der Waals surface area (Å²) in [5.74, 6) is -0.355. The van der Waals surface area contributed by atoms with Gasteiger partial charge in [-0.25, -0.2) is 4.98 Å². The molecule has 2 rings (SSSR count). The lowest BCUT2D eigenvalue weighted by Gasteiger charge is -1.88. The molecule has 0 aliphatic rings. The van der Waals surface area contributed by atoms with Gasteiger partial charge in [-0.15, -0.1) is 0 Å². The molecule has 0 atom stereocenters. The van der Waals surface area contributed by atoms with Gasteiger partial charge in [-0.05, 0) is 24.6 Å². The Bertz CT molecular complexity index is 502. The summed E-state index contributed by atoms with van der Waals surface area (Å²) in [6, 6.07) is 5.71. The molecule has 78 valence electrons. The zero-order valence-electron chi connectivity index (χ0n) is 8.36. The van der Waals surface area contributed by atoms with E-state index in [2.05, 4.69) is 4.98 Å². The molecule has 0 saturated carbocycles. The second-order valence-corrected chi connectivity index (χ2v) is 3.47. The van der Waals surface area contributed by atoms with E-state index in [9.17, 15) is 4.79 Å². The number of aromatic nitrogens is 1. The molecule has 0 saturated heterocycles. The Hall–Kier alpha value is -1.84. The molecule has 0 aliphatic heterocycles. The Morgan fingerprint density at radius 1 is 1.53 bits per heavy atom. The van der Waals surface area contributed by atoms with Crippen molar-refractivity contribution in [3.63, 3.8) is 0 Å². The SMILES string of the molecule is Cc1ccc2oc(CCC(=O)O)nc2c1. The summed E-state index contributed by atoms with van der Waals surface area (Å²) in [5.41, 5.74) is 2.61. The van der Waals surface area contributed by atoms with E-state index < -0.39 is 5.97 Å². The average molecular weight is 205 g/mol. The largest absolute Gasteiger partial charge is 0.481 e. The number of fused-ring (bicyclic) bond motifs is 1. The van der Waals surface area contributed by atoms with Crippen molar-refractivity contribution in [2.75, 3.05) is 0 Å². The van der Waals surface area contributed by atoms with Crippen LogP contribution in [0.25, 0.3) is 11.1 Å². The first kappa shape index (κ1) is 9.71. The summed E-state index contributed by atoms with van der Waals surface area (Å²) in [6.45, 7) is 1.98. The molecule has 0 spiro atoms. The highest BCUT2D eigenvalue weighted by Crippen LogP contribution is 2.17. The maximum atomic E-state index is 10.4. The summed E-state index contributed by atoms with van der Waals surface area (Å²) in [4.78, 5) is 14.6. The minimum absolute atomic E-state index is 0.0474. The van der Waals surface area contributed by atoms with E-state index >= 15 is 0 Å². The van der Waals surface area contributed by atoms with Crippen LogP contribution in [0.3, 0.4) is 0 Å². The van der Waals surface area contributed by atoms with E-state index in [1.54, 1.807) is 0 Å². The van der Waals surface area contributed by atoms with Crippen LogP contribution in [0, 0.1) is 6.92 Å². The number of nitrogens with zero attached hydrogens (tertiary/aromatic N) is 1. The predicted octanol–water partition coefficient (Wildman–Crippen LogP) is 2.15. The third-order valence-electron chi connectivity index (χ3n) is 2.14. The van der Waals surface area contributed by atoms with E-state index in [1.807, 2.05) is 25.1 Å². The highest BCUT2D eigenvalue weighted by Gasteiger charge is 2.07. The van der Waals surface area contributed by atoms with E-state index in [1.165, 1.54) is 0 Å². The van der Waals surface area contributed by atoms with E-state index in [-0.39, 0.29) is 6.42 Å². The second kappa shape index (κ2) is 3.73. The predicted molar refractivity (Wildman–Crippen MR) is 54.7 cm³/mol. The van der Waals surface area contributed by atoms with Crippen molar-refractivity contribution in [1.29, 1.82) is 0 Å². The molecule has 0 bridgehead atoms. The minimum Gasteiger partial charge on any atom is -0.481 e. The third-order valence-corrected chi connectivity index (χ3v) is 2.14. The molecule has 0 unspecified atom stereocenters. The van der Waals surface area contributed by atoms with Crippen molar-refractivity contribution in [2.45, 2.75) is 19.8 Å². The fourth-order valence-electron chi connectivity index (χ4n) is 1.41. The molecule has 1 aromatic carbocycles. The third kappa shape index (κ3) is 2.15. The highest BCUT2D eigenvalue weighted by atomic mass is 16.4. The van der Waals surface area contributed by atoms with Crippen LogP contribution in [-0.2, 0) is 11.2 Å². The number of rotatable bonds is 3. The number of aryl methyl sites for hydroxylation is 2. The summed E-state index contributed by atoms with van der Waals surface area (Å²) in [7, 11) is 0. The number of oxazole rings is 1. The first-order valence-corrected chi connectivity index (χ1v) is 4.73. The number of aliphatic carboxylic acids is 1. The van der Waals surface area contributed by atoms with Gasteiger partial charge in [0.15, 0.2) is 11.5 Å². The molecule has 4 heteroatoms. The number of carboxylic acids is 1. The zero-order chi connectivity index (χ0) is 10.8. The van der Waals surface area contributed by atoms with Gasteiger partial charge < -0.3 is 9.52 Å². The normalized spacial score (nSPS) is 10.7. The maximum absolute atomic E-state index is 10.4. The van der Waals surface area contributed by atoms with Crippen molar-refractivity contribution in [2.24, 2.45) is 0 Å². The van der Waals surface area contributed by atoms with Crippen LogP contribution in [0.5, 0.6) is 0 Å². The standard InChI is InChI=1S/C11H11NO3/c1-7-2-3-9-8(6-7)12-10(15-9)4-5-11(13)14/h2-3,6H,4-5H2,1H3,(H,13,14). The van der Waals surface area contributed by atoms with E-state index in [0.29, 0.717) is 17.9 Å². The molecule has 1 aromatic heterocycles. The van der Waals surface area contributed by atoms with E-state index in [4.69, 9.17) is 9.52 Å². The summed E-state index contributed by atoms with van der Waals surface area (Å²) in [6.07, 6.45) is 0.384. The molecular weight excluding hydrogens is 194 g/mol. The van der Waals surface area contributed by atoms with Crippen LogP contribution in [-0.4, -0.2) is 16.1 Å². The van der Waals surface area contributed by atoms with Crippen molar-refractivity contribution in [3.8, 4) is 0 Å². The molecule has 1 heterocycles. The summed E-state index contributed by atoms with van der Waals surface area (Å²) < 4.78 is 5.40. The topological polar surface area (TPSA) is 63.3 Å². The zero-order valence-corrected chi connectivity index (χ0v) is 8.36. The van der Waals surface area contributed by atoms with E-state index in [0.717, 1.165) is 11.1 Å². The van der Waals surface area contributed by atoms with Gasteiger partial charge in [0.2, 0.25) is 0 Å². The Kier molecular flexibility index (Phi) is 2.41. The van der Waals surface area contributed by atoms with Crippen molar-refractivity contribution < 1.29 is 14.3 Å². The van der Waals surface area contributed by atoms with Crippen LogP contribution in [0.15, 0.2) is 22.6 Å². The van der Waals surface area contributed by atoms with Crippen LogP contribution in [0.4, 0.5) is 0 Å². The fourth-order valence-corrected chi connectivity index (χ4v) is 1.41. The van der Waals surface area contributed by atoms with Crippen LogP contribution in [0.2, 0.25) is 0 Å². The first-order chi connectivity index (χ1) is 7.15. The number of carbonyl (C=O) groups is 1. The lowest BCUT2D eigenvalue weighted by atomic mass is 10.2. The number of carboxylic acid groups (broad SMARTS) is 1. The van der Waals surface area contributed by atoms with Gasteiger partial charge in [0, 0.05) is 6.42 Å². The molecular formula is C11H11NO3. The quantitative estimate of drug-likeness (QED) is 0.833. The molecule has 4 nitrogen and oxygen atoms in total. The Labute approximate surface area is 86.5 Å². The molecule has 0 amide bonds. The van der Waals surface area contributed by atoms with Gasteiger partial charge >= 0.3 is 5.97 Å². The van der Waals surface area contributed by atoms with Gasteiger partial charge in [0.05, 0.1) is 6.42 Å². The molecule has 15 heavy (non-hydrogen) atoms. The number of hydrogen-bond acceptors (Lipinski definition) is 3. The van der Waals surface area contributed by atoms with Crippen molar-refractivity contribution >= 4 is 17.1 Å². The first-order valence-electron chi connectivity index (χ1n) is 4.73. The van der Waals surface area contributed by atoms with Gasteiger partial charge in [-0.3, -0.25) is 4.79 Å². The van der Waals surface area contributed by atoms with Crippen molar-refractivity contribution in [3.05, 3.63) is 29.7 Å². The van der Waals surface area contributed by atoms with Gasteiger partial charge in [0.1, 0.15) is 5.52 Å².